The van der Waals surface area contributed by atoms with Crippen molar-refractivity contribution in [3.8, 4) is 16.9 Å². The number of carbonyl (C=O) groups is 1. The maximum Gasteiger partial charge on any atom is 0.417 e. The van der Waals surface area contributed by atoms with Crippen LogP contribution in [0, 0.1) is 0 Å². The maximum absolute atomic E-state index is 12.9. The Bertz CT molecular complexity index is 1570. The first-order chi connectivity index (χ1) is 17.9. The van der Waals surface area contributed by atoms with Gasteiger partial charge in [-0.3, -0.25) is 14.3 Å². The van der Waals surface area contributed by atoms with Gasteiger partial charge in [-0.25, -0.2) is 4.79 Å². The molecular formula is C28H26F3N3O3S. The minimum absolute atomic E-state index is 0.286. The van der Waals surface area contributed by atoms with Gasteiger partial charge in [0.2, 0.25) is 0 Å². The summed E-state index contributed by atoms with van der Waals surface area (Å²) in [6.07, 6.45) is -0.748. The molecular weight excluding hydrogens is 515 g/mol. The van der Waals surface area contributed by atoms with E-state index in [0.717, 1.165) is 40.1 Å². The van der Waals surface area contributed by atoms with Gasteiger partial charge in [-0.15, -0.1) is 11.3 Å². The lowest BCUT2D eigenvalue weighted by Gasteiger charge is -2.26. The third kappa shape index (κ3) is 5.31. The quantitative estimate of drug-likeness (QED) is 0.280. The Hall–Kier alpha value is -3.66. The zero-order chi connectivity index (χ0) is 27.2. The molecule has 0 N–H and O–H groups in total. The Labute approximate surface area is 221 Å². The summed E-state index contributed by atoms with van der Waals surface area (Å²) in [7, 11) is 0. The van der Waals surface area contributed by atoms with Gasteiger partial charge >= 0.3 is 12.3 Å². The van der Waals surface area contributed by atoms with E-state index in [1.54, 1.807) is 28.5 Å². The lowest BCUT2D eigenvalue weighted by atomic mass is 10.1. The molecule has 1 aromatic carbocycles. The van der Waals surface area contributed by atoms with Crippen LogP contribution in [0.15, 0.2) is 59.7 Å². The van der Waals surface area contributed by atoms with Crippen LogP contribution in [0.1, 0.15) is 43.2 Å². The summed E-state index contributed by atoms with van der Waals surface area (Å²) in [5, 5.41) is 1.11. The highest BCUT2D eigenvalue weighted by atomic mass is 32.1. The number of amides is 1. The Kier molecular flexibility index (Phi) is 6.54. The molecule has 1 amide bonds. The van der Waals surface area contributed by atoms with Gasteiger partial charge in [-0.1, -0.05) is 6.07 Å². The van der Waals surface area contributed by atoms with E-state index in [0.29, 0.717) is 24.3 Å². The molecule has 4 aromatic rings. The molecule has 4 heterocycles. The number of ether oxygens (including phenoxy) is 1. The number of benzene rings is 1. The monoisotopic (exact) mass is 541 g/mol. The molecule has 6 nitrogen and oxygen atoms in total. The first-order valence-electron chi connectivity index (χ1n) is 12.2. The van der Waals surface area contributed by atoms with Gasteiger partial charge in [-0.05, 0) is 74.9 Å². The zero-order valence-electron chi connectivity index (χ0n) is 21.1. The lowest BCUT2D eigenvalue weighted by Crippen LogP contribution is -2.36. The van der Waals surface area contributed by atoms with Crippen LogP contribution in [0.3, 0.4) is 0 Å². The molecule has 1 aliphatic heterocycles. The normalized spacial score (nSPS) is 14.3. The standard InChI is InChI=1S/C28H26F3N3O3S/c1-27(2,3)37-26(36)33-11-4-5-20-21-8-7-19(14-23(21)38-24(20)16-33)34-12-10-17(13-25(34)35)22-9-6-18(15-32-22)28(29,30)31/h6-10,12-15H,4-5,11,16H2,1-3H3. The van der Waals surface area contributed by atoms with E-state index in [9.17, 15) is 22.8 Å². The number of nitrogens with zero attached hydrogens (tertiary/aromatic N) is 3. The highest BCUT2D eigenvalue weighted by Gasteiger charge is 2.31. The Morgan fingerprint density at radius 3 is 2.53 bits per heavy atom. The smallest absolute Gasteiger partial charge is 0.417 e. The molecule has 0 saturated carbocycles. The molecule has 1 aliphatic rings. The molecule has 3 aromatic heterocycles. The van der Waals surface area contributed by atoms with Gasteiger partial charge < -0.3 is 9.64 Å². The molecule has 5 rings (SSSR count). The Morgan fingerprint density at radius 2 is 1.87 bits per heavy atom. The number of thiophene rings is 1. The number of fused-ring (bicyclic) bond motifs is 3. The first kappa shape index (κ1) is 26.0. The van der Waals surface area contributed by atoms with E-state index in [1.807, 2.05) is 39.0 Å². The van der Waals surface area contributed by atoms with Crippen molar-refractivity contribution in [2.45, 2.75) is 51.9 Å². The highest BCUT2D eigenvalue weighted by molar-refractivity contribution is 7.19. The predicted molar refractivity (Wildman–Crippen MR) is 141 cm³/mol. The number of halogens is 3. The Morgan fingerprint density at radius 1 is 1.08 bits per heavy atom. The van der Waals surface area contributed by atoms with Gasteiger partial charge in [-0.2, -0.15) is 13.2 Å². The third-order valence-corrected chi connectivity index (χ3v) is 7.46. The minimum Gasteiger partial charge on any atom is -0.444 e. The van der Waals surface area contributed by atoms with Crippen LogP contribution in [-0.4, -0.2) is 32.7 Å². The largest absolute Gasteiger partial charge is 0.444 e. The number of aryl methyl sites for hydroxylation is 1. The van der Waals surface area contributed by atoms with Crippen molar-refractivity contribution in [2.75, 3.05) is 6.54 Å². The molecule has 38 heavy (non-hydrogen) atoms. The van der Waals surface area contributed by atoms with E-state index in [2.05, 4.69) is 4.98 Å². The van der Waals surface area contributed by atoms with Gasteiger partial charge in [0.15, 0.2) is 0 Å². The summed E-state index contributed by atoms with van der Waals surface area (Å²) in [4.78, 5) is 32.4. The fourth-order valence-electron chi connectivity index (χ4n) is 4.51. The van der Waals surface area contributed by atoms with Crippen molar-refractivity contribution in [1.29, 1.82) is 0 Å². The van der Waals surface area contributed by atoms with E-state index in [-0.39, 0.29) is 17.3 Å². The van der Waals surface area contributed by atoms with Crippen molar-refractivity contribution in [2.24, 2.45) is 0 Å². The van der Waals surface area contributed by atoms with E-state index < -0.39 is 17.3 Å². The SMILES string of the molecule is CC(C)(C)OC(=O)N1CCCc2c(sc3cc(-n4ccc(-c5ccc(C(F)(F)F)cn5)cc4=O)ccc23)C1. The van der Waals surface area contributed by atoms with E-state index >= 15 is 0 Å². The second kappa shape index (κ2) is 9.58. The molecule has 0 bridgehead atoms. The number of pyridine rings is 2. The fourth-order valence-corrected chi connectivity index (χ4v) is 5.81. The van der Waals surface area contributed by atoms with E-state index in [1.165, 1.54) is 22.3 Å². The second-order valence-electron chi connectivity index (χ2n) is 10.2. The Balaban J connectivity index is 1.42. The first-order valence-corrected chi connectivity index (χ1v) is 13.0. The molecule has 10 heteroatoms. The van der Waals surface area contributed by atoms with Crippen LogP contribution in [0.5, 0.6) is 0 Å². The average molecular weight is 542 g/mol. The van der Waals surface area contributed by atoms with Crippen LogP contribution in [0.25, 0.3) is 27.0 Å². The zero-order valence-corrected chi connectivity index (χ0v) is 21.9. The number of hydrogen-bond acceptors (Lipinski definition) is 5. The molecule has 0 spiro atoms. The number of aromatic nitrogens is 2. The van der Waals surface area contributed by atoms with Crippen LogP contribution in [0.4, 0.5) is 18.0 Å². The molecule has 0 unspecified atom stereocenters. The average Bonchev–Trinajstić information content (AvgIpc) is 3.03. The summed E-state index contributed by atoms with van der Waals surface area (Å²) >= 11 is 1.60. The van der Waals surface area contributed by atoms with Crippen LogP contribution in [-0.2, 0) is 23.9 Å². The molecule has 0 atom stereocenters. The number of rotatable bonds is 2. The molecule has 198 valence electrons. The molecule has 0 saturated heterocycles. The van der Waals surface area contributed by atoms with Gasteiger partial charge in [0, 0.05) is 40.1 Å². The number of alkyl halides is 3. The molecule has 0 fully saturated rings. The number of hydrogen-bond donors (Lipinski definition) is 0. The fraction of sp³-hybridized carbons (Fsp3) is 0.321. The summed E-state index contributed by atoms with van der Waals surface area (Å²) < 4.78 is 46.6. The highest BCUT2D eigenvalue weighted by Crippen LogP contribution is 2.36. The van der Waals surface area contributed by atoms with Gasteiger partial charge in [0.05, 0.1) is 23.5 Å². The van der Waals surface area contributed by atoms with Crippen LogP contribution in [0.2, 0.25) is 0 Å². The summed E-state index contributed by atoms with van der Waals surface area (Å²) in [5.74, 6) is 0. The third-order valence-electron chi connectivity index (χ3n) is 6.29. The summed E-state index contributed by atoms with van der Waals surface area (Å²) in [5.41, 5.74) is 0.894. The van der Waals surface area contributed by atoms with Crippen molar-refractivity contribution in [3.63, 3.8) is 0 Å². The van der Waals surface area contributed by atoms with E-state index in [4.69, 9.17) is 4.74 Å². The summed E-state index contributed by atoms with van der Waals surface area (Å²) in [6, 6.07) is 11.1. The lowest BCUT2D eigenvalue weighted by molar-refractivity contribution is -0.137. The van der Waals surface area contributed by atoms with Gasteiger partial charge in [0.25, 0.3) is 5.56 Å². The second-order valence-corrected chi connectivity index (χ2v) is 11.4. The van der Waals surface area contributed by atoms with Gasteiger partial charge in [0.1, 0.15) is 5.60 Å². The minimum atomic E-state index is -4.47. The van der Waals surface area contributed by atoms with Crippen molar-refractivity contribution in [1.82, 2.24) is 14.5 Å². The van der Waals surface area contributed by atoms with Crippen LogP contribution >= 0.6 is 11.3 Å². The van der Waals surface area contributed by atoms with Crippen molar-refractivity contribution >= 4 is 27.5 Å². The topological polar surface area (TPSA) is 64.4 Å². The van der Waals surface area contributed by atoms with Crippen molar-refractivity contribution in [3.05, 3.63) is 81.2 Å². The van der Waals surface area contributed by atoms with Crippen LogP contribution < -0.4 is 5.56 Å². The molecule has 0 aliphatic carbocycles. The molecule has 0 radical (unpaired) electrons. The predicted octanol–water partition coefficient (Wildman–Crippen LogP) is 6.82. The number of carbonyl (C=O) groups excluding carboxylic acids is 1. The summed E-state index contributed by atoms with van der Waals surface area (Å²) in [6.45, 7) is 6.66. The van der Waals surface area contributed by atoms with Crippen molar-refractivity contribution < 1.29 is 22.7 Å². The maximum atomic E-state index is 12.9.